The highest BCUT2D eigenvalue weighted by molar-refractivity contribution is 6.16. The number of nitriles is 1. The number of amides is 1. The van der Waals surface area contributed by atoms with Crippen molar-refractivity contribution >= 4 is 17.4 Å². The number of pyridine rings is 1. The van der Waals surface area contributed by atoms with Gasteiger partial charge in [0.1, 0.15) is 0 Å². The molecular formula is C21H19N3O3. The predicted molar refractivity (Wildman–Crippen MR) is 99.7 cm³/mol. The van der Waals surface area contributed by atoms with Crippen LogP contribution < -0.4 is 4.90 Å². The fourth-order valence-corrected chi connectivity index (χ4v) is 3.19. The van der Waals surface area contributed by atoms with Gasteiger partial charge in [-0.05, 0) is 47.9 Å². The number of hydrogen-bond acceptors (Lipinski definition) is 5. The van der Waals surface area contributed by atoms with Gasteiger partial charge in [-0.3, -0.25) is 19.5 Å². The molecule has 0 bridgehead atoms. The number of rotatable bonds is 5. The Bertz CT molecular complexity index is 941. The zero-order chi connectivity index (χ0) is 19.6. The molecule has 1 amide bonds. The van der Waals surface area contributed by atoms with Crippen molar-refractivity contribution < 1.29 is 14.7 Å². The van der Waals surface area contributed by atoms with E-state index in [4.69, 9.17) is 5.26 Å². The van der Waals surface area contributed by atoms with Crippen LogP contribution in [0.5, 0.6) is 0 Å². The molecular weight excluding hydrogens is 342 g/mol. The third-order valence-corrected chi connectivity index (χ3v) is 4.40. The molecule has 2 heterocycles. The van der Waals surface area contributed by atoms with Crippen LogP contribution in [0.25, 0.3) is 0 Å². The number of aliphatic hydroxyl groups is 1. The van der Waals surface area contributed by atoms with Crippen LogP contribution in [0.3, 0.4) is 0 Å². The monoisotopic (exact) mass is 361 g/mol. The Morgan fingerprint density at radius 1 is 1.22 bits per heavy atom. The van der Waals surface area contributed by atoms with E-state index in [0.29, 0.717) is 16.8 Å². The molecule has 6 heteroatoms. The van der Waals surface area contributed by atoms with Crippen molar-refractivity contribution in [3.8, 4) is 6.07 Å². The van der Waals surface area contributed by atoms with Gasteiger partial charge in [0.25, 0.3) is 5.91 Å². The van der Waals surface area contributed by atoms with Crippen molar-refractivity contribution in [1.82, 2.24) is 4.98 Å². The van der Waals surface area contributed by atoms with Crippen molar-refractivity contribution in [3.05, 3.63) is 71.3 Å². The smallest absolute Gasteiger partial charge is 0.294 e. The van der Waals surface area contributed by atoms with E-state index in [2.05, 4.69) is 4.98 Å². The lowest BCUT2D eigenvalue weighted by atomic mass is 9.92. The lowest BCUT2D eigenvalue weighted by Gasteiger charge is -2.27. The highest BCUT2D eigenvalue weighted by Crippen LogP contribution is 2.41. The molecule has 1 unspecified atom stereocenters. The quantitative estimate of drug-likeness (QED) is 0.880. The molecule has 1 aromatic carbocycles. The van der Waals surface area contributed by atoms with Gasteiger partial charge < -0.3 is 5.11 Å². The summed E-state index contributed by atoms with van der Waals surface area (Å²) in [6.07, 6.45) is 3.39. The van der Waals surface area contributed by atoms with Crippen molar-refractivity contribution in [3.63, 3.8) is 0 Å². The third-order valence-electron chi connectivity index (χ3n) is 4.40. The summed E-state index contributed by atoms with van der Waals surface area (Å²) in [5.74, 6) is -1.32. The summed E-state index contributed by atoms with van der Waals surface area (Å²) < 4.78 is 0. The highest BCUT2D eigenvalue weighted by atomic mass is 16.3. The summed E-state index contributed by atoms with van der Waals surface area (Å²) in [6, 6.07) is 11.2. The van der Waals surface area contributed by atoms with E-state index >= 15 is 0 Å². The standard InChI is InChI=1S/C21H19N3O3/c1-13(2)11-17(25)18-19(15-7-9-23-10-8-15)24(21(27)20(18)26)16-5-3-14(12-22)4-6-16/h3-10,13,19,26H,11H2,1-2H3. The van der Waals surface area contributed by atoms with Crippen LogP contribution in [-0.4, -0.2) is 21.8 Å². The van der Waals surface area contributed by atoms with Gasteiger partial charge in [-0.2, -0.15) is 5.26 Å². The Morgan fingerprint density at radius 2 is 1.85 bits per heavy atom. The van der Waals surface area contributed by atoms with E-state index in [0.717, 1.165) is 0 Å². The first-order valence-corrected chi connectivity index (χ1v) is 8.64. The maximum Gasteiger partial charge on any atom is 0.294 e. The Morgan fingerprint density at radius 3 is 2.41 bits per heavy atom. The fraction of sp³-hybridized carbons (Fsp3) is 0.238. The number of carbonyl (C=O) groups excluding carboxylic acids is 2. The molecule has 27 heavy (non-hydrogen) atoms. The SMILES string of the molecule is CC(C)CC(=O)C1=C(O)C(=O)N(c2ccc(C#N)cc2)C1c1ccncc1. The average Bonchev–Trinajstić information content (AvgIpc) is 2.93. The van der Waals surface area contributed by atoms with Crippen LogP contribution in [0.1, 0.15) is 37.4 Å². The van der Waals surface area contributed by atoms with Gasteiger partial charge in [-0.15, -0.1) is 0 Å². The Labute approximate surface area is 157 Å². The Balaban J connectivity index is 2.12. The number of hydrogen-bond donors (Lipinski definition) is 1. The molecule has 1 aliphatic rings. The van der Waals surface area contributed by atoms with Gasteiger partial charge in [0.2, 0.25) is 0 Å². The Hall–Kier alpha value is -3.46. The van der Waals surface area contributed by atoms with Crippen LogP contribution in [0.15, 0.2) is 60.1 Å². The molecule has 1 atom stereocenters. The van der Waals surface area contributed by atoms with Gasteiger partial charge in [0.15, 0.2) is 11.5 Å². The van der Waals surface area contributed by atoms with E-state index in [1.54, 1.807) is 48.8 Å². The van der Waals surface area contributed by atoms with Crippen LogP contribution in [-0.2, 0) is 9.59 Å². The molecule has 1 aliphatic heterocycles. The number of aliphatic hydroxyl groups excluding tert-OH is 1. The van der Waals surface area contributed by atoms with Crippen molar-refractivity contribution in [2.45, 2.75) is 26.3 Å². The maximum absolute atomic E-state index is 12.8. The molecule has 3 rings (SSSR count). The van der Waals surface area contributed by atoms with Crippen molar-refractivity contribution in [2.24, 2.45) is 5.92 Å². The molecule has 0 saturated carbocycles. The lowest BCUT2D eigenvalue weighted by molar-refractivity contribution is -0.118. The van der Waals surface area contributed by atoms with E-state index < -0.39 is 17.7 Å². The average molecular weight is 361 g/mol. The largest absolute Gasteiger partial charge is 0.503 e. The first-order valence-electron chi connectivity index (χ1n) is 8.64. The summed E-state index contributed by atoms with van der Waals surface area (Å²) in [6.45, 7) is 3.82. The molecule has 1 aromatic heterocycles. The second-order valence-electron chi connectivity index (χ2n) is 6.80. The molecule has 0 fully saturated rings. The fourth-order valence-electron chi connectivity index (χ4n) is 3.19. The number of Topliss-reactive ketones (excluding diaryl/α,β-unsaturated/α-hetero) is 1. The third kappa shape index (κ3) is 3.44. The minimum Gasteiger partial charge on any atom is -0.503 e. The van der Waals surface area contributed by atoms with Gasteiger partial charge in [-0.1, -0.05) is 13.8 Å². The van der Waals surface area contributed by atoms with E-state index in [1.165, 1.54) is 4.90 Å². The van der Waals surface area contributed by atoms with E-state index in [-0.39, 0.29) is 23.7 Å². The van der Waals surface area contributed by atoms with E-state index in [1.807, 2.05) is 19.9 Å². The Kier molecular flexibility index (Phi) is 5.04. The van der Waals surface area contributed by atoms with Crippen LogP contribution in [0, 0.1) is 17.2 Å². The zero-order valence-electron chi connectivity index (χ0n) is 15.1. The summed E-state index contributed by atoms with van der Waals surface area (Å²) in [5, 5.41) is 19.5. The highest BCUT2D eigenvalue weighted by Gasteiger charge is 2.44. The zero-order valence-corrected chi connectivity index (χ0v) is 15.1. The number of benzene rings is 1. The molecule has 1 N–H and O–H groups in total. The minimum absolute atomic E-state index is 0.0926. The van der Waals surface area contributed by atoms with Crippen LogP contribution in [0.2, 0.25) is 0 Å². The van der Waals surface area contributed by atoms with Gasteiger partial charge in [-0.25, -0.2) is 0 Å². The first-order chi connectivity index (χ1) is 12.9. The van der Waals surface area contributed by atoms with Crippen LogP contribution >= 0.6 is 0 Å². The molecule has 0 aliphatic carbocycles. The molecule has 0 radical (unpaired) electrons. The first kappa shape index (κ1) is 18.3. The maximum atomic E-state index is 12.8. The predicted octanol–water partition coefficient (Wildman–Crippen LogP) is 3.47. The summed E-state index contributed by atoms with van der Waals surface area (Å²) in [4.78, 5) is 31.0. The number of ketones is 1. The summed E-state index contributed by atoms with van der Waals surface area (Å²) >= 11 is 0. The molecule has 0 spiro atoms. The lowest BCUT2D eigenvalue weighted by Crippen LogP contribution is -2.31. The molecule has 0 saturated heterocycles. The van der Waals surface area contributed by atoms with Crippen LogP contribution in [0.4, 0.5) is 5.69 Å². The minimum atomic E-state index is -0.736. The summed E-state index contributed by atoms with van der Waals surface area (Å²) in [5.41, 5.74) is 1.74. The number of carbonyl (C=O) groups is 2. The van der Waals surface area contributed by atoms with E-state index in [9.17, 15) is 14.7 Å². The number of aromatic nitrogens is 1. The summed E-state index contributed by atoms with van der Waals surface area (Å²) in [7, 11) is 0. The molecule has 136 valence electrons. The normalized spacial score (nSPS) is 16.7. The second kappa shape index (κ2) is 7.42. The van der Waals surface area contributed by atoms with Crippen molar-refractivity contribution in [1.29, 1.82) is 5.26 Å². The van der Waals surface area contributed by atoms with Crippen molar-refractivity contribution in [2.75, 3.05) is 4.90 Å². The number of nitrogens with zero attached hydrogens (tertiary/aromatic N) is 3. The molecule has 2 aromatic rings. The second-order valence-corrected chi connectivity index (χ2v) is 6.80. The van der Waals surface area contributed by atoms with Gasteiger partial charge >= 0.3 is 0 Å². The molecule has 6 nitrogen and oxygen atoms in total. The topological polar surface area (TPSA) is 94.3 Å². The number of anilines is 1. The van der Waals surface area contributed by atoms with Gasteiger partial charge in [0, 0.05) is 24.5 Å². The van der Waals surface area contributed by atoms with Gasteiger partial charge in [0.05, 0.1) is 23.2 Å².